The molecule has 2 heterocycles. The number of furan rings is 1. The number of aliphatic hydroxyl groups excluding tert-OH is 1. The van der Waals surface area contributed by atoms with E-state index in [1.807, 2.05) is 30.3 Å². The highest BCUT2D eigenvalue weighted by molar-refractivity contribution is 6.30. The Kier molecular flexibility index (Phi) is 6.49. The highest BCUT2D eigenvalue weighted by atomic mass is 35.5. The topological polar surface area (TPSA) is 72.1 Å². The van der Waals surface area contributed by atoms with Crippen molar-refractivity contribution in [3.63, 3.8) is 0 Å². The van der Waals surface area contributed by atoms with Crippen molar-refractivity contribution in [3.8, 4) is 22.8 Å². The van der Waals surface area contributed by atoms with E-state index in [0.717, 1.165) is 5.56 Å². The maximum atomic E-state index is 13.0. The normalized spacial score (nSPS) is 19.0. The first-order chi connectivity index (χ1) is 15.0. The third-order valence-corrected chi connectivity index (χ3v) is 5.62. The second kappa shape index (κ2) is 9.45. The lowest BCUT2D eigenvalue weighted by atomic mass is 10.1. The molecule has 0 aliphatic carbocycles. The summed E-state index contributed by atoms with van der Waals surface area (Å²) in [6.45, 7) is 0.885. The summed E-state index contributed by atoms with van der Waals surface area (Å²) in [7, 11) is 1.59. The number of nitrogens with zero attached hydrogens (tertiary/aromatic N) is 1. The fourth-order valence-corrected chi connectivity index (χ4v) is 3.76. The summed E-state index contributed by atoms with van der Waals surface area (Å²) in [4.78, 5) is 14.7. The predicted molar refractivity (Wildman–Crippen MR) is 118 cm³/mol. The quantitative estimate of drug-likeness (QED) is 0.623. The van der Waals surface area contributed by atoms with Gasteiger partial charge in [0.1, 0.15) is 23.4 Å². The van der Waals surface area contributed by atoms with Gasteiger partial charge in [-0.2, -0.15) is 0 Å². The number of hydrogen-bond donors (Lipinski definition) is 1. The van der Waals surface area contributed by atoms with Crippen molar-refractivity contribution in [2.75, 3.05) is 20.2 Å². The van der Waals surface area contributed by atoms with Crippen LogP contribution in [0.1, 0.15) is 23.4 Å². The fraction of sp³-hybridized carbons (Fsp3) is 0.292. The predicted octanol–water partition coefficient (Wildman–Crippen LogP) is 4.65. The summed E-state index contributed by atoms with van der Waals surface area (Å²) in [6, 6.07) is 18.0. The Bertz CT molecular complexity index is 1030. The van der Waals surface area contributed by atoms with Crippen molar-refractivity contribution in [2.24, 2.45) is 0 Å². The maximum absolute atomic E-state index is 13.0. The average molecular weight is 442 g/mol. The highest BCUT2D eigenvalue weighted by Crippen LogP contribution is 2.26. The SMILES string of the molecule is COc1cccc(O[C@H]2CCN(C(=O)c3ccc(-c4ccc(Cl)cc4)o3)CC[C@@H]2O)c1. The Hall–Kier alpha value is -2.96. The molecule has 2 atom stereocenters. The van der Waals surface area contributed by atoms with E-state index in [2.05, 4.69) is 0 Å². The second-order valence-corrected chi connectivity index (χ2v) is 7.88. The summed E-state index contributed by atoms with van der Waals surface area (Å²) in [5, 5.41) is 11.2. The van der Waals surface area contributed by atoms with Crippen LogP contribution in [0.3, 0.4) is 0 Å². The van der Waals surface area contributed by atoms with Gasteiger partial charge in [0.2, 0.25) is 0 Å². The van der Waals surface area contributed by atoms with E-state index in [0.29, 0.717) is 48.2 Å². The Morgan fingerprint density at radius 2 is 1.81 bits per heavy atom. The maximum Gasteiger partial charge on any atom is 0.289 e. The summed E-state index contributed by atoms with van der Waals surface area (Å²) in [5.74, 6) is 1.99. The van der Waals surface area contributed by atoms with Gasteiger partial charge in [0.15, 0.2) is 5.76 Å². The Morgan fingerprint density at radius 3 is 2.58 bits per heavy atom. The van der Waals surface area contributed by atoms with Gasteiger partial charge in [-0.25, -0.2) is 0 Å². The summed E-state index contributed by atoms with van der Waals surface area (Å²) in [5.41, 5.74) is 0.849. The van der Waals surface area contributed by atoms with Gasteiger partial charge in [-0.3, -0.25) is 4.79 Å². The van der Waals surface area contributed by atoms with E-state index in [9.17, 15) is 9.90 Å². The first-order valence-corrected chi connectivity index (χ1v) is 10.5. The third kappa shape index (κ3) is 5.03. The van der Waals surface area contributed by atoms with Crippen LogP contribution in [0.25, 0.3) is 11.3 Å². The van der Waals surface area contributed by atoms with Crippen LogP contribution in [0, 0.1) is 0 Å². The van der Waals surface area contributed by atoms with Gasteiger partial charge in [0.05, 0.1) is 13.2 Å². The van der Waals surface area contributed by atoms with E-state index >= 15 is 0 Å². The Labute approximate surface area is 185 Å². The van der Waals surface area contributed by atoms with E-state index in [4.69, 9.17) is 25.5 Å². The van der Waals surface area contributed by atoms with Crippen LogP contribution in [0.5, 0.6) is 11.5 Å². The van der Waals surface area contributed by atoms with Crippen molar-refractivity contribution in [1.29, 1.82) is 0 Å². The Balaban J connectivity index is 1.42. The van der Waals surface area contributed by atoms with E-state index in [1.165, 1.54) is 0 Å². The third-order valence-electron chi connectivity index (χ3n) is 5.37. The molecule has 1 N–H and O–H groups in total. The molecule has 1 saturated heterocycles. The molecule has 3 aromatic rings. The van der Waals surface area contributed by atoms with Crippen molar-refractivity contribution < 1.29 is 23.8 Å². The van der Waals surface area contributed by atoms with Crippen molar-refractivity contribution in [3.05, 3.63) is 71.4 Å². The van der Waals surface area contributed by atoms with Gasteiger partial charge >= 0.3 is 0 Å². The van der Waals surface area contributed by atoms with Crippen LogP contribution >= 0.6 is 11.6 Å². The van der Waals surface area contributed by atoms with Gasteiger partial charge in [-0.05, 0) is 55.0 Å². The molecule has 2 aromatic carbocycles. The average Bonchev–Trinajstić information content (AvgIpc) is 3.21. The molecule has 0 spiro atoms. The molecule has 6 nitrogen and oxygen atoms in total. The molecule has 31 heavy (non-hydrogen) atoms. The van der Waals surface area contributed by atoms with Gasteiger partial charge < -0.3 is 23.9 Å². The van der Waals surface area contributed by atoms with E-state index in [1.54, 1.807) is 42.3 Å². The fourth-order valence-electron chi connectivity index (χ4n) is 3.63. The van der Waals surface area contributed by atoms with Crippen LogP contribution in [-0.2, 0) is 0 Å². The monoisotopic (exact) mass is 441 g/mol. The first kappa shape index (κ1) is 21.3. The molecule has 1 fully saturated rings. The molecular weight excluding hydrogens is 418 g/mol. The molecule has 4 rings (SSSR count). The Morgan fingerprint density at radius 1 is 1.06 bits per heavy atom. The molecule has 0 radical (unpaired) electrons. The van der Waals surface area contributed by atoms with Crippen LogP contribution in [0.2, 0.25) is 5.02 Å². The number of halogens is 1. The standard InChI is InChI=1S/C24H24ClNO5/c1-29-18-3-2-4-19(15-18)30-22-12-14-26(13-11-20(22)27)24(28)23-10-9-21(31-23)16-5-7-17(25)8-6-16/h2-10,15,20,22,27H,11-14H2,1H3/t20-,22-/m0/s1. The lowest BCUT2D eigenvalue weighted by Gasteiger charge is -2.22. The molecule has 0 saturated carbocycles. The van der Waals surface area contributed by atoms with Gasteiger partial charge in [-0.15, -0.1) is 0 Å². The van der Waals surface area contributed by atoms with Crippen molar-refractivity contribution >= 4 is 17.5 Å². The number of methoxy groups -OCH3 is 1. The first-order valence-electron chi connectivity index (χ1n) is 10.2. The number of amides is 1. The number of benzene rings is 2. The lowest BCUT2D eigenvalue weighted by molar-refractivity contribution is 0.0349. The zero-order valence-electron chi connectivity index (χ0n) is 17.2. The van der Waals surface area contributed by atoms with Crippen LogP contribution < -0.4 is 9.47 Å². The zero-order valence-corrected chi connectivity index (χ0v) is 17.9. The number of hydrogen-bond acceptors (Lipinski definition) is 5. The molecule has 1 aliphatic rings. The zero-order chi connectivity index (χ0) is 21.8. The van der Waals surface area contributed by atoms with Crippen LogP contribution in [-0.4, -0.2) is 48.3 Å². The summed E-state index contributed by atoms with van der Waals surface area (Å²) >= 11 is 5.93. The molecule has 162 valence electrons. The minimum atomic E-state index is -0.676. The smallest absolute Gasteiger partial charge is 0.289 e. The molecule has 7 heteroatoms. The molecule has 1 aromatic heterocycles. The highest BCUT2D eigenvalue weighted by Gasteiger charge is 2.30. The molecule has 1 aliphatic heterocycles. The summed E-state index contributed by atoms with van der Waals surface area (Å²) in [6.07, 6.45) is -0.156. The van der Waals surface area contributed by atoms with Crippen LogP contribution in [0.4, 0.5) is 0 Å². The molecule has 1 amide bonds. The number of rotatable bonds is 5. The number of carbonyl (C=O) groups excluding carboxylic acids is 1. The van der Waals surface area contributed by atoms with Gasteiger partial charge in [0.25, 0.3) is 5.91 Å². The number of carbonyl (C=O) groups is 1. The number of ether oxygens (including phenoxy) is 2. The largest absolute Gasteiger partial charge is 0.497 e. The number of aliphatic hydroxyl groups is 1. The minimum Gasteiger partial charge on any atom is -0.497 e. The molecular formula is C24H24ClNO5. The lowest BCUT2D eigenvalue weighted by Crippen LogP contribution is -2.32. The number of likely N-dealkylation sites (tertiary alicyclic amines) is 1. The van der Waals surface area contributed by atoms with E-state index in [-0.39, 0.29) is 11.7 Å². The summed E-state index contributed by atoms with van der Waals surface area (Å²) < 4.78 is 17.0. The van der Waals surface area contributed by atoms with Gasteiger partial charge in [0, 0.05) is 36.2 Å². The van der Waals surface area contributed by atoms with Gasteiger partial charge in [-0.1, -0.05) is 17.7 Å². The molecule has 0 unspecified atom stereocenters. The van der Waals surface area contributed by atoms with Crippen molar-refractivity contribution in [2.45, 2.75) is 25.0 Å². The second-order valence-electron chi connectivity index (χ2n) is 7.44. The van der Waals surface area contributed by atoms with Crippen LogP contribution in [0.15, 0.2) is 65.1 Å². The molecule has 0 bridgehead atoms. The minimum absolute atomic E-state index is 0.200. The van der Waals surface area contributed by atoms with E-state index < -0.39 is 12.2 Å². The van der Waals surface area contributed by atoms with Crippen molar-refractivity contribution in [1.82, 2.24) is 4.90 Å².